The molecule has 2 aliphatic rings. The van der Waals surface area contributed by atoms with Crippen LogP contribution in [0.4, 0.5) is 14.5 Å². The van der Waals surface area contributed by atoms with Gasteiger partial charge in [-0.2, -0.15) is 4.39 Å². The number of halogens is 2. The molecule has 10 heteroatoms. The highest BCUT2D eigenvalue weighted by Gasteiger charge is 2.29. The van der Waals surface area contributed by atoms with Crippen molar-refractivity contribution in [3.05, 3.63) is 62.8 Å². The Morgan fingerprint density at radius 1 is 1.19 bits per heavy atom. The van der Waals surface area contributed by atoms with Gasteiger partial charge in [-0.1, -0.05) is 5.92 Å². The molecule has 0 unspecified atom stereocenters. The van der Waals surface area contributed by atoms with Crippen LogP contribution in [0.5, 0.6) is 0 Å². The number of aromatic amines is 1. The lowest BCUT2D eigenvalue weighted by molar-refractivity contribution is 0.0957. The number of rotatable bonds is 5. The molecule has 2 fully saturated rings. The number of benzene rings is 1. The maximum Gasteiger partial charge on any atom is 0.270 e. The summed E-state index contributed by atoms with van der Waals surface area (Å²) in [4.78, 5) is 39.1. The minimum absolute atomic E-state index is 0.0203. The van der Waals surface area contributed by atoms with Crippen molar-refractivity contribution in [1.29, 1.82) is 0 Å². The number of hydrogen-bond acceptors (Lipinski definition) is 6. The van der Waals surface area contributed by atoms with Crippen molar-refractivity contribution in [2.45, 2.75) is 32.2 Å². The van der Waals surface area contributed by atoms with E-state index < -0.39 is 17.7 Å². The van der Waals surface area contributed by atoms with Crippen molar-refractivity contribution in [2.75, 3.05) is 38.1 Å². The van der Waals surface area contributed by atoms with Crippen molar-refractivity contribution in [3.8, 4) is 11.8 Å². The summed E-state index contributed by atoms with van der Waals surface area (Å²) in [5.41, 5.74) is 1.95. The highest BCUT2D eigenvalue weighted by atomic mass is 19.1. The Hall–Kier alpha value is -3.84. The molecule has 2 aromatic heterocycles. The number of carbonyl (C=O) groups excluding carboxylic acids is 1. The highest BCUT2D eigenvalue weighted by Crippen LogP contribution is 2.38. The molecule has 3 heterocycles. The number of H-pyrrole nitrogens is 1. The zero-order chi connectivity index (χ0) is 25.4. The molecule has 1 amide bonds. The number of anilines is 1. The molecule has 0 atom stereocenters. The molecule has 1 saturated heterocycles. The second-order valence-electron chi connectivity index (χ2n) is 9.07. The van der Waals surface area contributed by atoms with E-state index in [0.717, 1.165) is 12.8 Å². The largest absolute Gasteiger partial charge is 0.365 e. The summed E-state index contributed by atoms with van der Waals surface area (Å²) >= 11 is 0. The van der Waals surface area contributed by atoms with Gasteiger partial charge in [-0.25, -0.2) is 14.4 Å². The number of aromatic nitrogens is 3. The van der Waals surface area contributed by atoms with E-state index >= 15 is 4.39 Å². The first-order chi connectivity index (χ1) is 17.4. The van der Waals surface area contributed by atoms with Gasteiger partial charge >= 0.3 is 0 Å². The molecule has 5 rings (SSSR count). The van der Waals surface area contributed by atoms with Crippen LogP contribution in [0.25, 0.3) is 11.0 Å². The Morgan fingerprint density at radius 3 is 2.58 bits per heavy atom. The third-order valence-corrected chi connectivity index (χ3v) is 6.63. The molecule has 1 aliphatic carbocycles. The number of carbonyl (C=O) groups is 1. The first kappa shape index (κ1) is 23.9. The molecule has 0 spiro atoms. The number of piperazine rings is 1. The van der Waals surface area contributed by atoms with E-state index in [2.05, 4.69) is 37.0 Å². The second kappa shape index (κ2) is 9.66. The quantitative estimate of drug-likeness (QED) is 0.420. The number of pyridine rings is 1. The Morgan fingerprint density at radius 2 is 1.94 bits per heavy atom. The average Bonchev–Trinajstić information content (AvgIpc) is 3.72. The van der Waals surface area contributed by atoms with E-state index in [1.807, 2.05) is 4.90 Å². The van der Waals surface area contributed by atoms with Gasteiger partial charge in [-0.3, -0.25) is 14.5 Å². The Labute approximate surface area is 206 Å². The summed E-state index contributed by atoms with van der Waals surface area (Å²) in [5.74, 6) is 4.36. The Bertz CT molecular complexity index is 1460. The predicted octanol–water partition coefficient (Wildman–Crippen LogP) is 2.53. The number of nitrogens with zero attached hydrogens (tertiary/aromatic N) is 4. The van der Waals surface area contributed by atoms with E-state index in [-0.39, 0.29) is 22.7 Å². The average molecular weight is 493 g/mol. The van der Waals surface area contributed by atoms with Gasteiger partial charge in [0, 0.05) is 51.3 Å². The zero-order valence-corrected chi connectivity index (χ0v) is 20.1. The first-order valence-electron chi connectivity index (χ1n) is 11.9. The van der Waals surface area contributed by atoms with E-state index in [9.17, 15) is 14.0 Å². The predicted molar refractivity (Wildman–Crippen MR) is 132 cm³/mol. The van der Waals surface area contributed by atoms with Gasteiger partial charge in [0.1, 0.15) is 22.4 Å². The molecule has 2 N–H and O–H groups in total. The number of hydrogen-bond donors (Lipinski definition) is 2. The van der Waals surface area contributed by atoms with Crippen LogP contribution in [0.1, 0.15) is 53.0 Å². The van der Waals surface area contributed by atoms with Crippen LogP contribution < -0.4 is 15.8 Å². The van der Waals surface area contributed by atoms with Crippen molar-refractivity contribution < 1.29 is 13.6 Å². The summed E-state index contributed by atoms with van der Waals surface area (Å²) < 4.78 is 30.1. The Kier molecular flexibility index (Phi) is 6.41. The SMILES string of the molecule is CC#Cc1cc(CN2CCN(c3ccc(C(=O)NC)nc3F)CC2)c(F)c2[nH]c(=O)c(C3CC3)nc12. The lowest BCUT2D eigenvalue weighted by Gasteiger charge is -2.36. The lowest BCUT2D eigenvalue weighted by atomic mass is 10.1. The molecular weight excluding hydrogens is 466 g/mol. The Balaban J connectivity index is 1.35. The maximum absolute atomic E-state index is 15.5. The van der Waals surface area contributed by atoms with Gasteiger partial charge in [0.05, 0.1) is 11.3 Å². The van der Waals surface area contributed by atoms with E-state index in [1.165, 1.54) is 13.1 Å². The lowest BCUT2D eigenvalue weighted by Crippen LogP contribution is -2.46. The maximum atomic E-state index is 15.5. The normalized spacial score (nSPS) is 16.1. The van der Waals surface area contributed by atoms with Crippen LogP contribution in [-0.4, -0.2) is 59.0 Å². The van der Waals surface area contributed by atoms with Crippen LogP contribution in [0, 0.1) is 23.6 Å². The van der Waals surface area contributed by atoms with Crippen LogP contribution in [0.15, 0.2) is 23.0 Å². The van der Waals surface area contributed by atoms with Gasteiger partial charge in [0.2, 0.25) is 5.95 Å². The molecule has 186 valence electrons. The molecule has 3 aromatic rings. The topological polar surface area (TPSA) is 94.2 Å². The van der Waals surface area contributed by atoms with E-state index in [0.29, 0.717) is 60.7 Å². The summed E-state index contributed by atoms with van der Waals surface area (Å²) in [7, 11) is 1.46. The molecule has 8 nitrogen and oxygen atoms in total. The van der Waals surface area contributed by atoms with E-state index in [4.69, 9.17) is 0 Å². The summed E-state index contributed by atoms with van der Waals surface area (Å²) in [6.45, 7) is 4.18. The molecular formula is C26H26F2N6O2. The highest BCUT2D eigenvalue weighted by molar-refractivity contribution is 5.92. The standard InChI is InChI=1S/C26H26F2N6O2/c1-3-4-16-13-17(20(27)23-21(16)31-22(15-5-6-15)26(36)32-23)14-33-9-11-34(12-10-33)19-8-7-18(25(35)29-2)30-24(19)28/h7-8,13,15H,5-6,9-12,14H2,1-2H3,(H,29,35)(H,32,36). The number of amides is 1. The summed E-state index contributed by atoms with van der Waals surface area (Å²) in [5, 5.41) is 2.43. The van der Waals surface area contributed by atoms with Gasteiger partial charge in [-0.15, -0.1) is 5.92 Å². The van der Waals surface area contributed by atoms with E-state index in [1.54, 1.807) is 19.1 Å². The van der Waals surface area contributed by atoms with Crippen LogP contribution in [0.3, 0.4) is 0 Å². The minimum atomic E-state index is -0.699. The van der Waals surface area contributed by atoms with Gasteiger partial charge < -0.3 is 15.2 Å². The molecule has 1 saturated carbocycles. The van der Waals surface area contributed by atoms with Crippen LogP contribution in [-0.2, 0) is 6.54 Å². The molecule has 1 aliphatic heterocycles. The molecule has 0 bridgehead atoms. The summed E-state index contributed by atoms with van der Waals surface area (Å²) in [6.07, 6.45) is 1.84. The molecule has 0 radical (unpaired) electrons. The fourth-order valence-electron chi connectivity index (χ4n) is 4.57. The monoisotopic (exact) mass is 492 g/mol. The van der Waals surface area contributed by atoms with Gasteiger partial charge in [0.25, 0.3) is 11.5 Å². The minimum Gasteiger partial charge on any atom is -0.365 e. The fourth-order valence-corrected chi connectivity index (χ4v) is 4.57. The fraction of sp³-hybridized carbons (Fsp3) is 0.385. The zero-order valence-electron chi connectivity index (χ0n) is 20.1. The third-order valence-electron chi connectivity index (χ3n) is 6.63. The number of nitrogens with one attached hydrogen (secondary N) is 2. The summed E-state index contributed by atoms with van der Waals surface area (Å²) in [6, 6.07) is 4.76. The van der Waals surface area contributed by atoms with Crippen molar-refractivity contribution >= 4 is 22.6 Å². The molecule has 1 aromatic carbocycles. The second-order valence-corrected chi connectivity index (χ2v) is 9.07. The van der Waals surface area contributed by atoms with Crippen molar-refractivity contribution in [3.63, 3.8) is 0 Å². The molecule has 36 heavy (non-hydrogen) atoms. The van der Waals surface area contributed by atoms with Gasteiger partial charge in [-0.05, 0) is 38.0 Å². The smallest absolute Gasteiger partial charge is 0.270 e. The number of fused-ring (bicyclic) bond motifs is 1. The van der Waals surface area contributed by atoms with Crippen LogP contribution in [0.2, 0.25) is 0 Å². The first-order valence-corrected chi connectivity index (χ1v) is 11.9. The van der Waals surface area contributed by atoms with Crippen LogP contribution >= 0.6 is 0 Å². The third kappa shape index (κ3) is 4.54. The van der Waals surface area contributed by atoms with Crippen molar-refractivity contribution in [1.82, 2.24) is 25.2 Å². The van der Waals surface area contributed by atoms with Gasteiger partial charge in [0.15, 0.2) is 5.82 Å². The van der Waals surface area contributed by atoms with Crippen molar-refractivity contribution in [2.24, 2.45) is 0 Å².